The fraction of sp³-hybridized carbons (Fsp3) is 0.500. The summed E-state index contributed by atoms with van der Waals surface area (Å²) in [6, 6.07) is 15.8. The highest BCUT2D eigenvalue weighted by molar-refractivity contribution is 6.00. The van der Waals surface area contributed by atoms with Crippen LogP contribution in [0.15, 0.2) is 54.6 Å². The third kappa shape index (κ3) is 10.9. The first-order valence-electron chi connectivity index (χ1n) is 13.0. The Kier molecular flexibility index (Phi) is 12.8. The Morgan fingerprint density at radius 2 is 1.46 bits per heavy atom. The summed E-state index contributed by atoms with van der Waals surface area (Å²) < 4.78 is 5.59. The van der Waals surface area contributed by atoms with Gasteiger partial charge in [-0.2, -0.15) is 0 Å². The van der Waals surface area contributed by atoms with E-state index >= 15 is 0 Å². The van der Waals surface area contributed by atoms with E-state index in [2.05, 4.69) is 6.92 Å². The number of hydrogen-bond donors (Lipinski definition) is 1. The fourth-order valence-electron chi connectivity index (χ4n) is 4.32. The van der Waals surface area contributed by atoms with Gasteiger partial charge in [-0.1, -0.05) is 94.3 Å². The van der Waals surface area contributed by atoms with Crippen molar-refractivity contribution in [2.75, 3.05) is 0 Å². The van der Waals surface area contributed by atoms with Crippen LogP contribution in [-0.4, -0.2) is 28.9 Å². The first-order valence-corrected chi connectivity index (χ1v) is 13.0. The predicted octanol–water partition coefficient (Wildman–Crippen LogP) is 7.28. The van der Waals surface area contributed by atoms with Crippen LogP contribution in [0.25, 0.3) is 0 Å². The van der Waals surface area contributed by atoms with Gasteiger partial charge in [0.25, 0.3) is 0 Å². The number of carboxylic acid groups (broad SMARTS) is 1. The minimum Gasteiger partial charge on any atom is -0.478 e. The lowest BCUT2D eigenvalue weighted by molar-refractivity contribution is -0.147. The number of Topliss-reactive ketones (excluding diaryl/α,β-unsaturated/α-hetero) is 1. The largest absolute Gasteiger partial charge is 0.478 e. The molecule has 0 aliphatic heterocycles. The molecule has 0 aromatic heterocycles. The van der Waals surface area contributed by atoms with Crippen LogP contribution in [0.1, 0.15) is 104 Å². The molecule has 0 saturated carbocycles. The average Bonchev–Trinajstić information content (AvgIpc) is 2.85. The smallest absolute Gasteiger partial charge is 0.335 e. The van der Waals surface area contributed by atoms with Gasteiger partial charge in [-0.3, -0.25) is 9.59 Å². The number of aromatic carboxylic acids is 1. The van der Waals surface area contributed by atoms with Crippen molar-refractivity contribution in [3.8, 4) is 0 Å². The van der Waals surface area contributed by atoms with E-state index in [-0.39, 0.29) is 35.8 Å². The summed E-state index contributed by atoms with van der Waals surface area (Å²) in [6.45, 7) is 4.07. The summed E-state index contributed by atoms with van der Waals surface area (Å²) in [5.41, 5.74) is 1.47. The van der Waals surface area contributed by atoms with Crippen LogP contribution in [0.3, 0.4) is 0 Å². The van der Waals surface area contributed by atoms with E-state index in [1.807, 2.05) is 37.3 Å². The molecule has 0 saturated heterocycles. The molecule has 5 heteroatoms. The molecule has 0 aliphatic rings. The Morgan fingerprint density at radius 3 is 2.14 bits per heavy atom. The van der Waals surface area contributed by atoms with E-state index in [1.165, 1.54) is 44.2 Å². The highest BCUT2D eigenvalue weighted by atomic mass is 16.5. The molecule has 2 rings (SSSR count). The Hall–Kier alpha value is -2.95. The van der Waals surface area contributed by atoms with Crippen LogP contribution in [0, 0.1) is 5.92 Å². The Bertz CT molecular complexity index is 921. The topological polar surface area (TPSA) is 80.7 Å². The zero-order valence-electron chi connectivity index (χ0n) is 21.2. The van der Waals surface area contributed by atoms with Gasteiger partial charge in [0, 0.05) is 11.5 Å². The summed E-state index contributed by atoms with van der Waals surface area (Å²) in [5.74, 6) is -1.55. The molecule has 2 aromatic carbocycles. The molecule has 0 amide bonds. The van der Waals surface area contributed by atoms with Gasteiger partial charge in [-0.15, -0.1) is 0 Å². The molecule has 0 fully saturated rings. The van der Waals surface area contributed by atoms with Gasteiger partial charge in [0.1, 0.15) is 0 Å². The number of hydrogen-bond acceptors (Lipinski definition) is 4. The van der Waals surface area contributed by atoms with Crippen LogP contribution in [-0.2, 0) is 16.0 Å². The van der Waals surface area contributed by atoms with Crippen LogP contribution in [0.2, 0.25) is 0 Å². The van der Waals surface area contributed by atoms with Gasteiger partial charge >= 0.3 is 11.9 Å². The van der Waals surface area contributed by atoms with Gasteiger partial charge in [0.2, 0.25) is 0 Å². The van der Waals surface area contributed by atoms with Crippen molar-refractivity contribution in [1.82, 2.24) is 0 Å². The fourth-order valence-corrected chi connectivity index (χ4v) is 4.32. The molecule has 1 N–H and O–H groups in total. The van der Waals surface area contributed by atoms with Crippen LogP contribution < -0.4 is 0 Å². The first-order chi connectivity index (χ1) is 16.9. The second-order valence-electron chi connectivity index (χ2n) is 9.40. The SMILES string of the molecule is CCCCCCCCCC(CCC(C)OC(=O)Cc1ccccc1)C(=O)c1cccc(C(=O)O)c1. The van der Waals surface area contributed by atoms with Crippen molar-refractivity contribution in [2.45, 2.75) is 90.6 Å². The molecule has 0 bridgehead atoms. The number of unbranched alkanes of at least 4 members (excludes halogenated alkanes) is 6. The number of ether oxygens (including phenoxy) is 1. The van der Waals surface area contributed by atoms with E-state index in [0.717, 1.165) is 24.8 Å². The normalized spacial score (nSPS) is 12.6. The molecule has 2 unspecified atom stereocenters. The van der Waals surface area contributed by atoms with Crippen LogP contribution in [0.5, 0.6) is 0 Å². The molecule has 2 atom stereocenters. The standard InChI is InChI=1S/C30H40O5/c1-3-4-5-6-7-8-12-16-25(29(32)26-17-13-18-27(22-26)30(33)34)20-19-23(2)35-28(31)21-24-14-10-9-11-15-24/h9-11,13-15,17-18,22-23,25H,3-8,12,16,19-21H2,1-2H3,(H,33,34). The van der Waals surface area contributed by atoms with Gasteiger partial charge < -0.3 is 9.84 Å². The summed E-state index contributed by atoms with van der Waals surface area (Å²) >= 11 is 0. The van der Waals surface area contributed by atoms with Gasteiger partial charge in [-0.25, -0.2) is 4.79 Å². The molecule has 190 valence electrons. The highest BCUT2D eigenvalue weighted by Gasteiger charge is 2.22. The molecule has 0 heterocycles. The Morgan fingerprint density at radius 1 is 0.800 bits per heavy atom. The molecule has 35 heavy (non-hydrogen) atoms. The summed E-state index contributed by atoms with van der Waals surface area (Å²) in [4.78, 5) is 37.0. The molecule has 5 nitrogen and oxygen atoms in total. The average molecular weight is 481 g/mol. The summed E-state index contributed by atoms with van der Waals surface area (Å²) in [5, 5.41) is 9.30. The van der Waals surface area contributed by atoms with E-state index in [9.17, 15) is 19.5 Å². The third-order valence-electron chi connectivity index (χ3n) is 6.37. The number of carbonyl (C=O) groups is 3. The number of benzene rings is 2. The number of rotatable bonds is 17. The second-order valence-corrected chi connectivity index (χ2v) is 9.40. The minimum absolute atomic E-state index is 0.0260. The first kappa shape index (κ1) is 28.3. The predicted molar refractivity (Wildman–Crippen MR) is 139 cm³/mol. The monoisotopic (exact) mass is 480 g/mol. The quantitative estimate of drug-likeness (QED) is 0.146. The van der Waals surface area contributed by atoms with Crippen LogP contribution >= 0.6 is 0 Å². The number of carbonyl (C=O) groups excluding carboxylic acids is 2. The molecule has 0 spiro atoms. The Labute approximate surface area is 209 Å². The number of carboxylic acids is 1. The third-order valence-corrected chi connectivity index (χ3v) is 6.37. The van der Waals surface area contributed by atoms with Crippen molar-refractivity contribution in [3.63, 3.8) is 0 Å². The van der Waals surface area contributed by atoms with E-state index in [0.29, 0.717) is 18.4 Å². The molecule has 0 aliphatic carbocycles. The maximum absolute atomic E-state index is 13.3. The van der Waals surface area contributed by atoms with Gasteiger partial charge in [-0.05, 0) is 43.9 Å². The highest BCUT2D eigenvalue weighted by Crippen LogP contribution is 2.24. The van der Waals surface area contributed by atoms with Crippen LogP contribution in [0.4, 0.5) is 0 Å². The van der Waals surface area contributed by atoms with Crippen molar-refractivity contribution in [1.29, 1.82) is 0 Å². The lowest BCUT2D eigenvalue weighted by Gasteiger charge is -2.19. The van der Waals surface area contributed by atoms with Crippen molar-refractivity contribution in [2.24, 2.45) is 5.92 Å². The van der Waals surface area contributed by atoms with Gasteiger partial charge in [0.15, 0.2) is 5.78 Å². The summed E-state index contributed by atoms with van der Waals surface area (Å²) in [6.07, 6.45) is 10.1. The maximum Gasteiger partial charge on any atom is 0.335 e. The van der Waals surface area contributed by atoms with Gasteiger partial charge in [0.05, 0.1) is 18.1 Å². The lowest BCUT2D eigenvalue weighted by atomic mass is 9.87. The minimum atomic E-state index is -1.04. The maximum atomic E-state index is 13.3. The Balaban J connectivity index is 1.93. The number of ketones is 1. The van der Waals surface area contributed by atoms with E-state index in [4.69, 9.17) is 4.74 Å². The zero-order valence-corrected chi connectivity index (χ0v) is 21.2. The zero-order chi connectivity index (χ0) is 25.5. The van der Waals surface area contributed by atoms with Crippen molar-refractivity contribution < 1.29 is 24.2 Å². The second kappa shape index (κ2) is 15.9. The molecular formula is C30H40O5. The molecule has 0 radical (unpaired) electrons. The molecular weight excluding hydrogens is 440 g/mol. The summed E-state index contributed by atoms with van der Waals surface area (Å²) in [7, 11) is 0. The van der Waals surface area contributed by atoms with E-state index < -0.39 is 5.97 Å². The van der Waals surface area contributed by atoms with E-state index in [1.54, 1.807) is 12.1 Å². The molecule has 2 aromatic rings. The van der Waals surface area contributed by atoms with Crippen molar-refractivity contribution in [3.05, 3.63) is 71.3 Å². The number of esters is 1. The van der Waals surface area contributed by atoms with Crippen molar-refractivity contribution >= 4 is 17.7 Å². The lowest BCUT2D eigenvalue weighted by Crippen LogP contribution is -2.21.